The van der Waals surface area contributed by atoms with Gasteiger partial charge in [0.25, 0.3) is 5.91 Å². The van der Waals surface area contributed by atoms with Crippen LogP contribution in [0.5, 0.6) is 0 Å². The predicted octanol–water partition coefficient (Wildman–Crippen LogP) is 5.67. The van der Waals surface area contributed by atoms with Crippen LogP contribution in [0, 0.1) is 0 Å². The maximum atomic E-state index is 13.5. The second-order valence-corrected chi connectivity index (χ2v) is 9.33. The van der Waals surface area contributed by atoms with Crippen LogP contribution in [0.1, 0.15) is 33.5 Å². The average Bonchev–Trinajstić information content (AvgIpc) is 3.33. The number of aromatic amines is 1. The number of carbonyl (C=O) groups excluding carboxylic acids is 2. The molecule has 37 heavy (non-hydrogen) atoms. The summed E-state index contributed by atoms with van der Waals surface area (Å²) in [5.74, 6) is -0.524. The maximum absolute atomic E-state index is 13.5. The number of aromatic nitrogens is 1. The molecule has 1 aromatic heterocycles. The molecular formula is C29H26F3N3O2. The SMILES string of the molecule is O=C(c1c[nH]c2ccccc12)N1CC(=O)N(Cc2cccc(C(F)(F)F)c2)[C@@H](CCc2ccccc2)C1. The van der Waals surface area contributed by atoms with Crippen molar-refractivity contribution in [2.24, 2.45) is 0 Å². The highest BCUT2D eigenvalue weighted by molar-refractivity contribution is 6.07. The minimum absolute atomic E-state index is 0.0529. The fraction of sp³-hybridized carbons (Fsp3) is 0.241. The van der Waals surface area contributed by atoms with E-state index in [0.717, 1.165) is 28.6 Å². The lowest BCUT2D eigenvalue weighted by Gasteiger charge is -2.41. The van der Waals surface area contributed by atoms with Crippen LogP contribution in [0.25, 0.3) is 10.9 Å². The lowest BCUT2D eigenvalue weighted by Crippen LogP contribution is -2.57. The number of hydrogen-bond donors (Lipinski definition) is 1. The zero-order chi connectivity index (χ0) is 26.0. The minimum Gasteiger partial charge on any atom is -0.360 e. The summed E-state index contributed by atoms with van der Waals surface area (Å²) in [4.78, 5) is 33.1. The molecule has 1 aliphatic rings. The zero-order valence-electron chi connectivity index (χ0n) is 20.0. The van der Waals surface area contributed by atoms with Gasteiger partial charge in [0.05, 0.1) is 17.2 Å². The first-order valence-electron chi connectivity index (χ1n) is 12.1. The minimum atomic E-state index is -4.46. The number of carbonyl (C=O) groups is 2. The van der Waals surface area contributed by atoms with E-state index >= 15 is 0 Å². The number of fused-ring (bicyclic) bond motifs is 1. The Kier molecular flexibility index (Phi) is 6.74. The van der Waals surface area contributed by atoms with Crippen LogP contribution in [0.3, 0.4) is 0 Å². The molecule has 1 fully saturated rings. The molecule has 8 heteroatoms. The third-order valence-corrected chi connectivity index (χ3v) is 6.84. The van der Waals surface area contributed by atoms with E-state index in [4.69, 9.17) is 0 Å². The highest BCUT2D eigenvalue weighted by Gasteiger charge is 2.36. The molecule has 0 bridgehead atoms. The predicted molar refractivity (Wildman–Crippen MR) is 135 cm³/mol. The molecule has 1 aliphatic heterocycles. The van der Waals surface area contributed by atoms with Crippen LogP contribution in [-0.2, 0) is 23.9 Å². The fourth-order valence-electron chi connectivity index (χ4n) is 4.93. The van der Waals surface area contributed by atoms with Gasteiger partial charge in [-0.25, -0.2) is 0 Å². The molecule has 0 aliphatic carbocycles. The van der Waals surface area contributed by atoms with E-state index in [0.29, 0.717) is 30.5 Å². The van der Waals surface area contributed by atoms with Gasteiger partial charge in [-0.2, -0.15) is 13.2 Å². The van der Waals surface area contributed by atoms with Crippen LogP contribution in [0.2, 0.25) is 0 Å². The summed E-state index contributed by atoms with van der Waals surface area (Å²) in [5, 5.41) is 0.784. The van der Waals surface area contributed by atoms with Gasteiger partial charge in [-0.3, -0.25) is 9.59 Å². The molecule has 2 heterocycles. The Labute approximate surface area is 212 Å². The number of amides is 2. The number of para-hydroxylation sites is 1. The van der Waals surface area contributed by atoms with Crippen molar-refractivity contribution in [3.8, 4) is 0 Å². The van der Waals surface area contributed by atoms with Crippen molar-refractivity contribution in [3.05, 3.63) is 107 Å². The first-order valence-corrected chi connectivity index (χ1v) is 12.1. The summed E-state index contributed by atoms with van der Waals surface area (Å²) >= 11 is 0. The summed E-state index contributed by atoms with van der Waals surface area (Å²) in [6.07, 6.45) is -1.55. The van der Waals surface area contributed by atoms with Crippen LogP contribution in [0.15, 0.2) is 85.1 Å². The van der Waals surface area contributed by atoms with Crippen LogP contribution < -0.4 is 0 Å². The monoisotopic (exact) mass is 505 g/mol. The highest BCUT2D eigenvalue weighted by atomic mass is 19.4. The molecule has 1 saturated heterocycles. The van der Waals surface area contributed by atoms with Crippen molar-refractivity contribution in [1.82, 2.24) is 14.8 Å². The van der Waals surface area contributed by atoms with Crippen molar-refractivity contribution in [1.29, 1.82) is 0 Å². The first-order chi connectivity index (χ1) is 17.8. The molecule has 190 valence electrons. The average molecular weight is 506 g/mol. The van der Waals surface area contributed by atoms with E-state index in [2.05, 4.69) is 4.98 Å². The molecule has 5 nitrogen and oxygen atoms in total. The number of nitrogens with one attached hydrogen (secondary N) is 1. The number of alkyl halides is 3. The molecule has 2 amide bonds. The van der Waals surface area contributed by atoms with E-state index in [1.165, 1.54) is 6.07 Å². The quantitative estimate of drug-likeness (QED) is 0.367. The number of hydrogen-bond acceptors (Lipinski definition) is 2. The van der Waals surface area contributed by atoms with Gasteiger partial charge in [-0.15, -0.1) is 0 Å². The topological polar surface area (TPSA) is 56.4 Å². The number of piperazine rings is 1. The molecule has 0 saturated carbocycles. The molecule has 3 aromatic carbocycles. The molecule has 0 radical (unpaired) electrons. The van der Waals surface area contributed by atoms with Crippen molar-refractivity contribution in [2.75, 3.05) is 13.1 Å². The summed E-state index contributed by atoms with van der Waals surface area (Å²) in [6, 6.07) is 22.0. The maximum Gasteiger partial charge on any atom is 0.416 e. The van der Waals surface area contributed by atoms with E-state index < -0.39 is 11.7 Å². The van der Waals surface area contributed by atoms with Gasteiger partial charge in [0.1, 0.15) is 6.54 Å². The Morgan fingerprint density at radius 3 is 2.46 bits per heavy atom. The van der Waals surface area contributed by atoms with Gasteiger partial charge in [0, 0.05) is 30.2 Å². The Morgan fingerprint density at radius 2 is 1.68 bits per heavy atom. The molecule has 5 rings (SSSR count). The van der Waals surface area contributed by atoms with Gasteiger partial charge in [-0.1, -0.05) is 60.7 Å². The Balaban J connectivity index is 1.40. The van der Waals surface area contributed by atoms with Crippen LogP contribution >= 0.6 is 0 Å². The largest absolute Gasteiger partial charge is 0.416 e. The van der Waals surface area contributed by atoms with E-state index in [-0.39, 0.29) is 30.9 Å². The van der Waals surface area contributed by atoms with Crippen molar-refractivity contribution in [2.45, 2.75) is 31.6 Å². The normalized spacial score (nSPS) is 16.4. The van der Waals surface area contributed by atoms with Gasteiger partial charge in [0.2, 0.25) is 5.91 Å². The van der Waals surface area contributed by atoms with Crippen LogP contribution in [0.4, 0.5) is 13.2 Å². The number of nitrogens with zero attached hydrogens (tertiary/aromatic N) is 2. The van der Waals surface area contributed by atoms with E-state index in [1.807, 2.05) is 54.6 Å². The van der Waals surface area contributed by atoms with Crippen molar-refractivity contribution in [3.63, 3.8) is 0 Å². The summed E-state index contributed by atoms with van der Waals surface area (Å²) in [6.45, 7) is 0.229. The third kappa shape index (κ3) is 5.38. The van der Waals surface area contributed by atoms with E-state index in [9.17, 15) is 22.8 Å². The van der Waals surface area contributed by atoms with Crippen molar-refractivity contribution < 1.29 is 22.8 Å². The molecule has 1 atom stereocenters. The second-order valence-electron chi connectivity index (χ2n) is 9.33. The summed E-state index contributed by atoms with van der Waals surface area (Å²) in [5.41, 5.74) is 2.09. The lowest BCUT2D eigenvalue weighted by molar-refractivity contribution is -0.139. The van der Waals surface area contributed by atoms with Gasteiger partial charge in [-0.05, 0) is 42.2 Å². The Morgan fingerprint density at radius 1 is 0.946 bits per heavy atom. The highest BCUT2D eigenvalue weighted by Crippen LogP contribution is 2.30. The lowest BCUT2D eigenvalue weighted by atomic mass is 9.99. The molecule has 4 aromatic rings. The fourth-order valence-corrected chi connectivity index (χ4v) is 4.93. The van der Waals surface area contributed by atoms with E-state index in [1.54, 1.807) is 22.1 Å². The summed E-state index contributed by atoms with van der Waals surface area (Å²) < 4.78 is 39.8. The number of aryl methyl sites for hydroxylation is 1. The number of benzene rings is 3. The number of H-pyrrole nitrogens is 1. The van der Waals surface area contributed by atoms with Gasteiger partial charge in [0.15, 0.2) is 0 Å². The Hall–Kier alpha value is -4.07. The smallest absolute Gasteiger partial charge is 0.360 e. The van der Waals surface area contributed by atoms with Crippen LogP contribution in [-0.4, -0.2) is 45.7 Å². The molecular weight excluding hydrogens is 479 g/mol. The Bertz CT molecular complexity index is 1410. The summed E-state index contributed by atoms with van der Waals surface area (Å²) in [7, 11) is 0. The third-order valence-electron chi connectivity index (χ3n) is 6.84. The second kappa shape index (κ2) is 10.1. The zero-order valence-corrected chi connectivity index (χ0v) is 20.0. The molecule has 1 N–H and O–H groups in total. The van der Waals surface area contributed by atoms with Crippen molar-refractivity contribution >= 4 is 22.7 Å². The molecule has 0 unspecified atom stereocenters. The van der Waals surface area contributed by atoms with Gasteiger partial charge >= 0.3 is 6.18 Å². The number of rotatable bonds is 6. The molecule has 0 spiro atoms. The first kappa shape index (κ1) is 24.6. The number of halogens is 3. The standard InChI is InChI=1S/C29H26F3N3O2/c30-29(31,32)22-10-6-9-21(15-22)17-35-23(14-13-20-7-2-1-3-8-20)18-34(19-27(35)36)28(37)25-16-33-26-12-5-4-11-24(25)26/h1-12,15-16,23,33H,13-14,17-19H2/t23-/m0/s1. The van der Waals surface area contributed by atoms with Gasteiger partial charge < -0.3 is 14.8 Å².